The molecule has 0 heterocycles. The molecule has 1 rings (SSSR count). The first-order valence-electron chi connectivity index (χ1n) is 5.41. The van der Waals surface area contributed by atoms with E-state index in [1.807, 2.05) is 13.8 Å². The van der Waals surface area contributed by atoms with Crippen LogP contribution in [0.3, 0.4) is 0 Å². The Bertz CT molecular complexity index is 483. The van der Waals surface area contributed by atoms with Gasteiger partial charge >= 0.3 is 12.2 Å². The van der Waals surface area contributed by atoms with Gasteiger partial charge in [0.05, 0.1) is 0 Å². The van der Waals surface area contributed by atoms with E-state index in [4.69, 9.17) is 20.9 Å². The number of benzene rings is 1. The van der Waals surface area contributed by atoms with E-state index in [1.54, 1.807) is 19.1 Å². The number of rotatable bonds is 3. The zero-order valence-corrected chi connectivity index (χ0v) is 10.5. The predicted molar refractivity (Wildman–Crippen MR) is 65.7 cm³/mol. The monoisotopic (exact) mass is 252 g/mol. The van der Waals surface area contributed by atoms with Crippen LogP contribution >= 0.6 is 0 Å². The van der Waals surface area contributed by atoms with Gasteiger partial charge in [-0.25, -0.2) is 9.59 Å². The van der Waals surface area contributed by atoms with Crippen LogP contribution < -0.4 is 20.9 Å². The van der Waals surface area contributed by atoms with Gasteiger partial charge in [-0.2, -0.15) is 0 Å². The van der Waals surface area contributed by atoms with Gasteiger partial charge in [0.1, 0.15) is 0 Å². The lowest BCUT2D eigenvalue weighted by Crippen LogP contribution is -2.21. The minimum atomic E-state index is -0.978. The topological polar surface area (TPSA) is 105 Å². The van der Waals surface area contributed by atoms with Crippen molar-refractivity contribution in [1.29, 1.82) is 0 Å². The fraction of sp³-hybridized carbons (Fsp3) is 0.333. The number of carbonyl (C=O) groups is 2. The predicted octanol–water partition coefficient (Wildman–Crippen LogP) is 2.03. The van der Waals surface area contributed by atoms with Crippen LogP contribution in [-0.2, 0) is 0 Å². The standard InChI is InChI=1S/C12H16N2O4/c1-6(2)8-5-4-7(3)9(17-11(13)15)10(8)18-12(14)16/h4-6H,1-3H3,(H2,13,15)(H2,14,16). The number of primary amides is 2. The van der Waals surface area contributed by atoms with Gasteiger partial charge in [0, 0.05) is 5.56 Å². The Balaban J connectivity index is 3.39. The lowest BCUT2D eigenvalue weighted by molar-refractivity contribution is 0.199. The van der Waals surface area contributed by atoms with Crippen molar-refractivity contribution < 1.29 is 19.1 Å². The van der Waals surface area contributed by atoms with Gasteiger partial charge in [-0.05, 0) is 18.4 Å². The largest absolute Gasteiger partial charge is 0.410 e. The molecule has 0 saturated carbocycles. The molecule has 0 unspecified atom stereocenters. The zero-order chi connectivity index (χ0) is 13.9. The van der Waals surface area contributed by atoms with Gasteiger partial charge < -0.3 is 20.9 Å². The Kier molecular flexibility index (Phi) is 4.14. The number of hydrogen-bond donors (Lipinski definition) is 2. The van der Waals surface area contributed by atoms with Crippen LogP contribution in [0.5, 0.6) is 11.5 Å². The molecular formula is C12H16N2O4. The molecule has 0 aromatic heterocycles. The fourth-order valence-electron chi connectivity index (χ4n) is 1.56. The molecule has 0 bridgehead atoms. The van der Waals surface area contributed by atoms with Gasteiger partial charge in [-0.15, -0.1) is 0 Å². The zero-order valence-electron chi connectivity index (χ0n) is 10.5. The highest BCUT2D eigenvalue weighted by atomic mass is 16.6. The molecule has 1 aromatic carbocycles. The Morgan fingerprint density at radius 2 is 1.56 bits per heavy atom. The molecule has 18 heavy (non-hydrogen) atoms. The van der Waals surface area contributed by atoms with E-state index in [0.29, 0.717) is 11.1 Å². The molecule has 0 aliphatic carbocycles. The van der Waals surface area contributed by atoms with Crippen LogP contribution in [0, 0.1) is 6.92 Å². The average molecular weight is 252 g/mol. The van der Waals surface area contributed by atoms with Crippen LogP contribution in [0.15, 0.2) is 12.1 Å². The summed E-state index contributed by atoms with van der Waals surface area (Å²) in [6.45, 7) is 5.52. The number of amides is 2. The first-order valence-corrected chi connectivity index (χ1v) is 5.41. The smallest absolute Gasteiger partial charge is 0.406 e. The minimum absolute atomic E-state index is 0.0650. The van der Waals surface area contributed by atoms with Crippen LogP contribution in [-0.4, -0.2) is 12.2 Å². The quantitative estimate of drug-likeness (QED) is 0.858. The van der Waals surface area contributed by atoms with Gasteiger partial charge in [0.2, 0.25) is 0 Å². The molecule has 1 aromatic rings. The Morgan fingerprint density at radius 3 is 2.00 bits per heavy atom. The summed E-state index contributed by atoms with van der Waals surface area (Å²) in [6.07, 6.45) is -1.95. The van der Waals surface area contributed by atoms with Crippen LogP contribution in [0.25, 0.3) is 0 Å². The van der Waals surface area contributed by atoms with E-state index in [9.17, 15) is 9.59 Å². The Morgan fingerprint density at radius 1 is 1.06 bits per heavy atom. The van der Waals surface area contributed by atoms with Crippen molar-refractivity contribution in [3.8, 4) is 11.5 Å². The third kappa shape index (κ3) is 3.13. The van der Waals surface area contributed by atoms with E-state index >= 15 is 0 Å². The maximum Gasteiger partial charge on any atom is 0.410 e. The van der Waals surface area contributed by atoms with Crippen LogP contribution in [0.1, 0.15) is 30.9 Å². The normalized spacial score (nSPS) is 10.2. The second-order valence-electron chi connectivity index (χ2n) is 4.13. The van der Waals surface area contributed by atoms with Gasteiger partial charge in [-0.3, -0.25) is 0 Å². The van der Waals surface area contributed by atoms with Gasteiger partial charge in [0.25, 0.3) is 0 Å². The Labute approximate surface area is 105 Å². The number of hydrogen-bond acceptors (Lipinski definition) is 4. The summed E-state index contributed by atoms with van der Waals surface area (Å²) < 4.78 is 9.80. The van der Waals surface area contributed by atoms with Crippen molar-refractivity contribution in [2.75, 3.05) is 0 Å². The fourth-order valence-corrected chi connectivity index (χ4v) is 1.56. The summed E-state index contributed by atoms with van der Waals surface area (Å²) in [7, 11) is 0. The summed E-state index contributed by atoms with van der Waals surface area (Å²) >= 11 is 0. The highest BCUT2D eigenvalue weighted by Crippen LogP contribution is 2.38. The van der Waals surface area contributed by atoms with E-state index in [-0.39, 0.29) is 17.4 Å². The lowest BCUT2D eigenvalue weighted by Gasteiger charge is -2.16. The lowest BCUT2D eigenvalue weighted by atomic mass is 9.99. The second kappa shape index (κ2) is 5.39. The number of aryl methyl sites for hydroxylation is 1. The molecule has 98 valence electrons. The maximum absolute atomic E-state index is 10.9. The second-order valence-corrected chi connectivity index (χ2v) is 4.13. The summed E-state index contributed by atoms with van der Waals surface area (Å²) in [6, 6.07) is 3.54. The van der Waals surface area contributed by atoms with Crippen molar-refractivity contribution in [2.24, 2.45) is 11.5 Å². The van der Waals surface area contributed by atoms with Crippen LogP contribution in [0.4, 0.5) is 9.59 Å². The van der Waals surface area contributed by atoms with E-state index in [0.717, 1.165) is 0 Å². The first kappa shape index (κ1) is 13.8. The molecule has 0 aliphatic heterocycles. The molecule has 6 heteroatoms. The third-order valence-corrected chi connectivity index (χ3v) is 2.37. The highest BCUT2D eigenvalue weighted by Gasteiger charge is 2.19. The van der Waals surface area contributed by atoms with Crippen molar-refractivity contribution >= 4 is 12.2 Å². The Hall–Kier alpha value is -2.24. The molecule has 0 spiro atoms. The van der Waals surface area contributed by atoms with Crippen molar-refractivity contribution in [2.45, 2.75) is 26.7 Å². The van der Waals surface area contributed by atoms with E-state index in [2.05, 4.69) is 0 Å². The van der Waals surface area contributed by atoms with E-state index < -0.39 is 12.2 Å². The summed E-state index contributed by atoms with van der Waals surface area (Å²) in [4.78, 5) is 21.8. The third-order valence-electron chi connectivity index (χ3n) is 2.37. The molecule has 4 N–H and O–H groups in total. The molecular weight excluding hydrogens is 236 g/mol. The van der Waals surface area contributed by atoms with Crippen molar-refractivity contribution in [1.82, 2.24) is 0 Å². The maximum atomic E-state index is 10.9. The molecule has 0 saturated heterocycles. The van der Waals surface area contributed by atoms with Crippen LogP contribution in [0.2, 0.25) is 0 Å². The number of carbonyl (C=O) groups excluding carboxylic acids is 2. The van der Waals surface area contributed by atoms with Crippen molar-refractivity contribution in [3.63, 3.8) is 0 Å². The molecule has 0 fully saturated rings. The minimum Gasteiger partial charge on any atom is -0.406 e. The SMILES string of the molecule is Cc1ccc(C(C)C)c(OC(N)=O)c1OC(N)=O. The number of nitrogens with two attached hydrogens (primary N) is 2. The summed E-state index contributed by atoms with van der Waals surface area (Å²) in [5.41, 5.74) is 11.3. The summed E-state index contributed by atoms with van der Waals surface area (Å²) in [5.74, 6) is 0.318. The van der Waals surface area contributed by atoms with Crippen molar-refractivity contribution in [3.05, 3.63) is 23.3 Å². The molecule has 0 atom stereocenters. The molecule has 6 nitrogen and oxygen atoms in total. The van der Waals surface area contributed by atoms with Gasteiger partial charge in [0.15, 0.2) is 11.5 Å². The summed E-state index contributed by atoms with van der Waals surface area (Å²) in [5, 5.41) is 0. The number of ether oxygens (including phenoxy) is 2. The van der Waals surface area contributed by atoms with Gasteiger partial charge in [-0.1, -0.05) is 26.0 Å². The highest BCUT2D eigenvalue weighted by molar-refractivity contribution is 5.74. The average Bonchev–Trinajstić information content (AvgIpc) is 2.21. The van der Waals surface area contributed by atoms with E-state index in [1.165, 1.54) is 0 Å². The first-order chi connectivity index (χ1) is 8.32. The molecule has 0 radical (unpaired) electrons. The molecule has 0 aliphatic rings. The molecule has 2 amide bonds.